The minimum Gasteiger partial charge on any atom is -0.324 e. The summed E-state index contributed by atoms with van der Waals surface area (Å²) >= 11 is 6.07. The molecule has 0 radical (unpaired) electrons. The number of hydrogen-bond acceptors (Lipinski definition) is 2. The average molecular weight is 357 g/mol. The Morgan fingerprint density at radius 3 is 2.42 bits per heavy atom. The molecule has 1 atom stereocenters. The van der Waals surface area contributed by atoms with Crippen LogP contribution < -0.4 is 10.6 Å². The van der Waals surface area contributed by atoms with E-state index in [1.807, 2.05) is 19.1 Å². The van der Waals surface area contributed by atoms with Gasteiger partial charge >= 0.3 is 6.18 Å². The zero-order chi connectivity index (χ0) is 17.7. The molecule has 0 unspecified atom stereocenters. The lowest BCUT2D eigenvalue weighted by molar-refractivity contribution is -0.137. The summed E-state index contributed by atoms with van der Waals surface area (Å²) in [6.07, 6.45) is -4.53. The topological polar surface area (TPSA) is 41.1 Å². The van der Waals surface area contributed by atoms with E-state index in [2.05, 4.69) is 10.6 Å². The van der Waals surface area contributed by atoms with Gasteiger partial charge in [-0.25, -0.2) is 0 Å². The smallest absolute Gasteiger partial charge is 0.324 e. The van der Waals surface area contributed by atoms with Crippen molar-refractivity contribution in [1.82, 2.24) is 5.32 Å². The predicted molar refractivity (Wildman–Crippen MR) is 87.9 cm³/mol. The van der Waals surface area contributed by atoms with Crippen molar-refractivity contribution in [3.05, 3.63) is 64.7 Å². The van der Waals surface area contributed by atoms with Gasteiger partial charge in [0, 0.05) is 11.1 Å². The van der Waals surface area contributed by atoms with Gasteiger partial charge in [-0.15, -0.1) is 0 Å². The standard InChI is InChI=1S/C17H16ClF3N2O/c1-11(12-6-2-4-8-14(12)18)22-10-16(24)23-15-9-5-3-7-13(15)17(19,20)21/h2-9,11,22H,10H2,1H3,(H,23,24)/t11-/m0/s1. The number of alkyl halides is 3. The first-order chi connectivity index (χ1) is 11.3. The Kier molecular flexibility index (Phi) is 5.85. The third-order valence-electron chi connectivity index (χ3n) is 3.45. The molecule has 24 heavy (non-hydrogen) atoms. The third-order valence-corrected chi connectivity index (χ3v) is 3.79. The normalized spacial score (nSPS) is 12.7. The fraction of sp³-hybridized carbons (Fsp3) is 0.235. The highest BCUT2D eigenvalue weighted by Crippen LogP contribution is 2.34. The molecule has 0 saturated heterocycles. The molecule has 0 fully saturated rings. The van der Waals surface area contributed by atoms with Gasteiger partial charge in [-0.2, -0.15) is 13.2 Å². The monoisotopic (exact) mass is 356 g/mol. The van der Waals surface area contributed by atoms with Gasteiger partial charge in [0.1, 0.15) is 0 Å². The van der Waals surface area contributed by atoms with E-state index in [0.29, 0.717) is 5.02 Å². The number of carbonyl (C=O) groups is 1. The van der Waals surface area contributed by atoms with Crippen molar-refractivity contribution in [2.24, 2.45) is 0 Å². The van der Waals surface area contributed by atoms with E-state index in [1.165, 1.54) is 18.2 Å². The highest BCUT2D eigenvalue weighted by atomic mass is 35.5. The molecular weight excluding hydrogens is 341 g/mol. The summed E-state index contributed by atoms with van der Waals surface area (Å²) in [7, 11) is 0. The fourth-order valence-electron chi connectivity index (χ4n) is 2.22. The van der Waals surface area contributed by atoms with Crippen LogP contribution in [0, 0.1) is 0 Å². The Bertz CT molecular complexity index is 719. The van der Waals surface area contributed by atoms with E-state index in [9.17, 15) is 18.0 Å². The minimum absolute atomic E-state index is 0.140. The first-order valence-corrected chi connectivity index (χ1v) is 7.60. The summed E-state index contributed by atoms with van der Waals surface area (Å²) in [5.41, 5.74) is -0.331. The number of amides is 1. The summed E-state index contributed by atoms with van der Waals surface area (Å²) in [4.78, 5) is 11.9. The van der Waals surface area contributed by atoms with Crippen molar-refractivity contribution in [3.63, 3.8) is 0 Å². The summed E-state index contributed by atoms with van der Waals surface area (Å²) in [6.45, 7) is 1.68. The SMILES string of the molecule is C[C@H](NCC(=O)Nc1ccccc1C(F)(F)F)c1ccccc1Cl. The van der Waals surface area contributed by atoms with E-state index in [-0.39, 0.29) is 18.3 Å². The first kappa shape index (κ1) is 18.3. The van der Waals surface area contributed by atoms with E-state index in [4.69, 9.17) is 11.6 Å². The Labute approximate surface area is 142 Å². The summed E-state index contributed by atoms with van der Waals surface area (Å²) < 4.78 is 38.7. The number of rotatable bonds is 5. The second-order valence-corrected chi connectivity index (χ2v) is 5.62. The number of anilines is 1. The zero-order valence-corrected chi connectivity index (χ0v) is 13.6. The van der Waals surface area contributed by atoms with Crippen LogP contribution in [0.4, 0.5) is 18.9 Å². The van der Waals surface area contributed by atoms with E-state index in [0.717, 1.165) is 11.6 Å². The third kappa shape index (κ3) is 4.72. The van der Waals surface area contributed by atoms with Gasteiger partial charge < -0.3 is 10.6 Å². The van der Waals surface area contributed by atoms with Gasteiger partial charge in [0.05, 0.1) is 17.8 Å². The molecule has 0 heterocycles. The second-order valence-electron chi connectivity index (χ2n) is 5.22. The van der Waals surface area contributed by atoms with Crippen molar-refractivity contribution >= 4 is 23.2 Å². The molecule has 128 valence electrons. The highest BCUT2D eigenvalue weighted by Gasteiger charge is 2.33. The largest absolute Gasteiger partial charge is 0.418 e. The van der Waals surface area contributed by atoms with Crippen LogP contribution >= 0.6 is 11.6 Å². The van der Waals surface area contributed by atoms with Gasteiger partial charge in [0.15, 0.2) is 0 Å². The van der Waals surface area contributed by atoms with Crippen molar-refractivity contribution < 1.29 is 18.0 Å². The Balaban J connectivity index is 1.99. The molecule has 1 amide bonds. The molecule has 0 aromatic heterocycles. The van der Waals surface area contributed by atoms with Crippen LogP contribution in [0.2, 0.25) is 5.02 Å². The van der Waals surface area contributed by atoms with Gasteiger partial charge in [0.25, 0.3) is 0 Å². The Morgan fingerprint density at radius 2 is 1.75 bits per heavy atom. The minimum atomic E-state index is -4.53. The maximum Gasteiger partial charge on any atom is 0.418 e. The number of para-hydroxylation sites is 1. The van der Waals surface area contributed by atoms with E-state index < -0.39 is 17.6 Å². The molecule has 0 spiro atoms. The van der Waals surface area contributed by atoms with Crippen molar-refractivity contribution in [1.29, 1.82) is 0 Å². The van der Waals surface area contributed by atoms with Crippen LogP contribution in [0.3, 0.4) is 0 Å². The zero-order valence-electron chi connectivity index (χ0n) is 12.8. The maximum absolute atomic E-state index is 12.9. The number of benzene rings is 2. The molecule has 2 N–H and O–H groups in total. The average Bonchev–Trinajstić information content (AvgIpc) is 2.52. The van der Waals surface area contributed by atoms with Crippen LogP contribution in [0.1, 0.15) is 24.1 Å². The van der Waals surface area contributed by atoms with Gasteiger partial charge in [-0.05, 0) is 30.7 Å². The van der Waals surface area contributed by atoms with Crippen LogP contribution in [0.15, 0.2) is 48.5 Å². The van der Waals surface area contributed by atoms with Gasteiger partial charge in [0.2, 0.25) is 5.91 Å². The van der Waals surface area contributed by atoms with Crippen LogP contribution in [-0.2, 0) is 11.0 Å². The van der Waals surface area contributed by atoms with Crippen molar-refractivity contribution in [3.8, 4) is 0 Å². The lowest BCUT2D eigenvalue weighted by Gasteiger charge is -2.17. The number of nitrogens with one attached hydrogen (secondary N) is 2. The van der Waals surface area contributed by atoms with Crippen LogP contribution in [0.25, 0.3) is 0 Å². The summed E-state index contributed by atoms with van der Waals surface area (Å²) in [6, 6.07) is 11.8. The quantitative estimate of drug-likeness (QED) is 0.818. The predicted octanol–water partition coefficient (Wildman–Crippen LogP) is 4.65. The second kappa shape index (κ2) is 7.68. The number of hydrogen-bond donors (Lipinski definition) is 2. The van der Waals surface area contributed by atoms with Gasteiger partial charge in [-0.1, -0.05) is 41.9 Å². The fourth-order valence-corrected chi connectivity index (χ4v) is 2.52. The maximum atomic E-state index is 12.9. The van der Waals surface area contributed by atoms with E-state index >= 15 is 0 Å². The molecule has 2 rings (SSSR count). The highest BCUT2D eigenvalue weighted by molar-refractivity contribution is 6.31. The molecule has 0 aliphatic carbocycles. The molecular formula is C17H16ClF3N2O. The van der Waals surface area contributed by atoms with Crippen molar-refractivity contribution in [2.75, 3.05) is 11.9 Å². The van der Waals surface area contributed by atoms with Crippen molar-refractivity contribution in [2.45, 2.75) is 19.1 Å². The molecule has 0 aliphatic rings. The number of carbonyl (C=O) groups excluding carboxylic acids is 1. The number of halogens is 4. The summed E-state index contributed by atoms with van der Waals surface area (Å²) in [5.74, 6) is -0.564. The van der Waals surface area contributed by atoms with E-state index in [1.54, 1.807) is 12.1 Å². The molecule has 0 saturated carbocycles. The van der Waals surface area contributed by atoms with Crippen LogP contribution in [-0.4, -0.2) is 12.5 Å². The molecule has 7 heteroatoms. The molecule has 0 aliphatic heterocycles. The van der Waals surface area contributed by atoms with Gasteiger partial charge in [-0.3, -0.25) is 4.79 Å². The summed E-state index contributed by atoms with van der Waals surface area (Å²) in [5, 5.41) is 5.78. The molecule has 2 aromatic carbocycles. The lowest BCUT2D eigenvalue weighted by atomic mass is 10.1. The Morgan fingerprint density at radius 1 is 1.12 bits per heavy atom. The molecule has 2 aromatic rings. The lowest BCUT2D eigenvalue weighted by Crippen LogP contribution is -2.30. The Hall–Kier alpha value is -2.05. The first-order valence-electron chi connectivity index (χ1n) is 7.23. The molecule has 3 nitrogen and oxygen atoms in total. The van der Waals surface area contributed by atoms with Crippen LogP contribution in [0.5, 0.6) is 0 Å². The molecule has 0 bridgehead atoms.